The Morgan fingerprint density at radius 1 is 0.737 bits per heavy atom. The second kappa shape index (κ2) is 17.4. The predicted octanol–water partition coefficient (Wildman–Crippen LogP) is 5.41. The molecule has 0 fully saturated rings. The van der Waals surface area contributed by atoms with Crippen molar-refractivity contribution in [2.45, 2.75) is 90.9 Å². The molecule has 0 aromatic rings. The van der Waals surface area contributed by atoms with Crippen molar-refractivity contribution in [3.05, 3.63) is 0 Å². The van der Waals surface area contributed by atoms with Crippen LogP contribution in [-0.2, 0) is 9.53 Å². The number of carbonyl (C=O) groups is 1. The average molecular weight is 273 g/mol. The van der Waals surface area contributed by atoms with Crippen LogP contribution >= 0.6 is 0 Å². The molecule has 3 nitrogen and oxygen atoms in total. The van der Waals surface area contributed by atoms with Gasteiger partial charge in [-0.3, -0.25) is 4.79 Å². The molecule has 3 heteroatoms. The first kappa shape index (κ1) is 20.7. The highest BCUT2D eigenvalue weighted by atomic mass is 16.5. The van der Waals surface area contributed by atoms with Crippen molar-refractivity contribution in [1.82, 2.24) is 6.15 Å². The van der Waals surface area contributed by atoms with Crippen LogP contribution in [0.15, 0.2) is 0 Å². The lowest BCUT2D eigenvalue weighted by Gasteiger charge is -2.03. The summed E-state index contributed by atoms with van der Waals surface area (Å²) in [6.07, 6.45) is 15.1. The van der Waals surface area contributed by atoms with Crippen molar-refractivity contribution in [2.24, 2.45) is 0 Å². The summed E-state index contributed by atoms with van der Waals surface area (Å²) in [5.74, 6) is -0.0339. The standard InChI is InChI=1S/C16H32O2.H3N/c1-3-5-6-7-8-9-10-11-12-13-14-15-16(17)18-4-2;/h3-15H2,1-2H3;1H3. The molecule has 0 bridgehead atoms. The molecular formula is C16H35NO2. The van der Waals surface area contributed by atoms with Crippen LogP contribution in [0.3, 0.4) is 0 Å². The van der Waals surface area contributed by atoms with Crippen molar-refractivity contribution in [1.29, 1.82) is 0 Å². The van der Waals surface area contributed by atoms with Crippen LogP contribution in [0.4, 0.5) is 0 Å². The molecule has 0 atom stereocenters. The molecule has 19 heavy (non-hydrogen) atoms. The van der Waals surface area contributed by atoms with Crippen LogP contribution in [0, 0.1) is 0 Å². The molecule has 0 unspecified atom stereocenters. The van der Waals surface area contributed by atoms with Crippen LogP contribution in [0.2, 0.25) is 0 Å². The second-order valence-corrected chi connectivity index (χ2v) is 5.09. The lowest BCUT2D eigenvalue weighted by Crippen LogP contribution is -2.03. The Hall–Kier alpha value is -0.570. The summed E-state index contributed by atoms with van der Waals surface area (Å²) in [7, 11) is 0. The lowest BCUT2D eigenvalue weighted by atomic mass is 10.1. The number of rotatable bonds is 13. The molecule has 0 spiro atoms. The van der Waals surface area contributed by atoms with Gasteiger partial charge in [0.2, 0.25) is 0 Å². The number of unbranched alkanes of at least 4 members (excludes halogenated alkanes) is 10. The Balaban J connectivity index is 0. The van der Waals surface area contributed by atoms with Crippen molar-refractivity contribution >= 4 is 5.97 Å². The van der Waals surface area contributed by atoms with Crippen molar-refractivity contribution in [2.75, 3.05) is 6.61 Å². The van der Waals surface area contributed by atoms with E-state index in [0.29, 0.717) is 13.0 Å². The molecule has 0 rings (SSSR count). The van der Waals surface area contributed by atoms with Gasteiger partial charge in [0.15, 0.2) is 0 Å². The molecule has 116 valence electrons. The van der Waals surface area contributed by atoms with Gasteiger partial charge in [0.25, 0.3) is 0 Å². The smallest absolute Gasteiger partial charge is 0.305 e. The van der Waals surface area contributed by atoms with Crippen molar-refractivity contribution < 1.29 is 9.53 Å². The minimum Gasteiger partial charge on any atom is -0.466 e. The molecule has 0 aliphatic carbocycles. The number of ether oxygens (including phenoxy) is 1. The zero-order valence-electron chi connectivity index (χ0n) is 13.2. The molecule has 3 N–H and O–H groups in total. The fourth-order valence-electron chi connectivity index (χ4n) is 2.17. The minimum atomic E-state index is -0.0339. The maximum atomic E-state index is 11.1. The summed E-state index contributed by atoms with van der Waals surface area (Å²) in [6, 6.07) is 0. The largest absolute Gasteiger partial charge is 0.466 e. The Morgan fingerprint density at radius 2 is 1.16 bits per heavy atom. The van der Waals surface area contributed by atoms with E-state index in [1.807, 2.05) is 6.92 Å². The Kier molecular flexibility index (Phi) is 19.0. The van der Waals surface area contributed by atoms with Gasteiger partial charge in [-0.05, 0) is 13.3 Å². The van der Waals surface area contributed by atoms with Gasteiger partial charge in [0, 0.05) is 6.42 Å². The third-order valence-corrected chi connectivity index (χ3v) is 3.29. The second-order valence-electron chi connectivity index (χ2n) is 5.09. The Labute approximate surface area is 120 Å². The maximum Gasteiger partial charge on any atom is 0.305 e. The Bertz CT molecular complexity index is 184. The van der Waals surface area contributed by atoms with Gasteiger partial charge in [-0.15, -0.1) is 0 Å². The van der Waals surface area contributed by atoms with Gasteiger partial charge in [-0.25, -0.2) is 0 Å². The van der Waals surface area contributed by atoms with Crippen LogP contribution < -0.4 is 6.15 Å². The van der Waals surface area contributed by atoms with E-state index in [9.17, 15) is 4.79 Å². The van der Waals surface area contributed by atoms with E-state index < -0.39 is 0 Å². The highest BCUT2D eigenvalue weighted by Gasteiger charge is 2.00. The molecular weight excluding hydrogens is 238 g/mol. The van der Waals surface area contributed by atoms with Gasteiger partial charge < -0.3 is 10.9 Å². The highest BCUT2D eigenvalue weighted by molar-refractivity contribution is 5.69. The SMILES string of the molecule is CCCCCCCCCCCCCC(=O)OCC.N. The van der Waals surface area contributed by atoms with Gasteiger partial charge in [0.05, 0.1) is 6.61 Å². The maximum absolute atomic E-state index is 11.1. The zero-order chi connectivity index (χ0) is 13.5. The summed E-state index contributed by atoms with van der Waals surface area (Å²) >= 11 is 0. The Morgan fingerprint density at radius 3 is 1.58 bits per heavy atom. The van der Waals surface area contributed by atoms with Gasteiger partial charge in [-0.2, -0.15) is 0 Å². The molecule has 0 saturated heterocycles. The number of hydrogen-bond acceptors (Lipinski definition) is 3. The van der Waals surface area contributed by atoms with Crippen LogP contribution in [0.5, 0.6) is 0 Å². The van der Waals surface area contributed by atoms with Crippen LogP contribution in [-0.4, -0.2) is 12.6 Å². The molecule has 0 saturated carbocycles. The van der Waals surface area contributed by atoms with Crippen molar-refractivity contribution in [3.8, 4) is 0 Å². The quantitative estimate of drug-likeness (QED) is 0.360. The van der Waals surface area contributed by atoms with E-state index in [4.69, 9.17) is 4.74 Å². The highest BCUT2D eigenvalue weighted by Crippen LogP contribution is 2.11. The van der Waals surface area contributed by atoms with Gasteiger partial charge >= 0.3 is 5.97 Å². The van der Waals surface area contributed by atoms with E-state index in [2.05, 4.69) is 6.92 Å². The topological polar surface area (TPSA) is 61.3 Å². The molecule has 0 heterocycles. The van der Waals surface area contributed by atoms with Crippen molar-refractivity contribution in [3.63, 3.8) is 0 Å². The van der Waals surface area contributed by atoms with E-state index in [1.165, 1.54) is 64.2 Å². The molecule has 0 aromatic heterocycles. The molecule has 0 aliphatic rings. The number of hydrogen-bond donors (Lipinski definition) is 1. The first-order valence-corrected chi connectivity index (χ1v) is 7.96. The summed E-state index contributed by atoms with van der Waals surface area (Å²) in [4.78, 5) is 11.1. The summed E-state index contributed by atoms with van der Waals surface area (Å²) < 4.78 is 4.89. The van der Waals surface area contributed by atoms with Gasteiger partial charge in [0.1, 0.15) is 0 Å². The minimum absolute atomic E-state index is 0. The molecule has 0 radical (unpaired) electrons. The van der Waals surface area contributed by atoms with Crippen LogP contribution in [0.25, 0.3) is 0 Å². The fraction of sp³-hybridized carbons (Fsp3) is 0.938. The van der Waals surface area contributed by atoms with Crippen LogP contribution in [0.1, 0.15) is 90.9 Å². The van der Waals surface area contributed by atoms with E-state index in [1.54, 1.807) is 0 Å². The van der Waals surface area contributed by atoms with E-state index in [0.717, 1.165) is 6.42 Å². The predicted molar refractivity (Wildman–Crippen MR) is 82.7 cm³/mol. The summed E-state index contributed by atoms with van der Waals surface area (Å²) in [5, 5.41) is 0. The first-order chi connectivity index (χ1) is 8.81. The molecule has 0 amide bonds. The van der Waals surface area contributed by atoms with E-state index >= 15 is 0 Å². The third kappa shape index (κ3) is 17.4. The average Bonchev–Trinajstić information content (AvgIpc) is 2.36. The van der Waals surface area contributed by atoms with E-state index in [-0.39, 0.29) is 12.1 Å². The fourth-order valence-corrected chi connectivity index (χ4v) is 2.17. The van der Waals surface area contributed by atoms with Gasteiger partial charge in [-0.1, -0.05) is 71.1 Å². The summed E-state index contributed by atoms with van der Waals surface area (Å²) in [5.41, 5.74) is 0. The normalized spacial score (nSPS) is 10.0. The number of esters is 1. The third-order valence-electron chi connectivity index (χ3n) is 3.29. The monoisotopic (exact) mass is 273 g/mol. The summed E-state index contributed by atoms with van der Waals surface area (Å²) in [6.45, 7) is 4.63. The molecule has 0 aliphatic heterocycles. The molecule has 0 aromatic carbocycles. The first-order valence-electron chi connectivity index (χ1n) is 7.96. The number of carbonyl (C=O) groups excluding carboxylic acids is 1. The zero-order valence-corrected chi connectivity index (χ0v) is 13.2. The lowest BCUT2D eigenvalue weighted by molar-refractivity contribution is -0.143.